The van der Waals surface area contributed by atoms with Gasteiger partial charge in [0.1, 0.15) is 0 Å². The maximum absolute atomic E-state index is 5.23. The molecule has 0 bridgehead atoms. The number of hydrogen-bond donors (Lipinski definition) is 1. The Bertz CT molecular complexity index is 465. The highest BCUT2D eigenvalue weighted by molar-refractivity contribution is 7.71. The van der Waals surface area contributed by atoms with Crippen molar-refractivity contribution in [3.8, 4) is 0 Å². The van der Waals surface area contributed by atoms with Crippen LogP contribution in [0.1, 0.15) is 24.2 Å². The molecular weight excluding hydrogens is 212 g/mol. The van der Waals surface area contributed by atoms with Gasteiger partial charge in [-0.25, -0.2) is 0 Å². The third-order valence-electron chi connectivity index (χ3n) is 2.31. The van der Waals surface area contributed by atoms with Gasteiger partial charge in [-0.05, 0) is 48.5 Å². The fourth-order valence-electron chi connectivity index (χ4n) is 1.49. The van der Waals surface area contributed by atoms with E-state index in [1.165, 1.54) is 5.56 Å². The number of rotatable bonds is 2. The van der Waals surface area contributed by atoms with Crippen molar-refractivity contribution in [1.29, 1.82) is 0 Å². The molecule has 2 heterocycles. The summed E-state index contributed by atoms with van der Waals surface area (Å²) in [6.07, 6.45) is 2.06. The van der Waals surface area contributed by atoms with Crippen LogP contribution in [-0.4, -0.2) is 9.55 Å². The van der Waals surface area contributed by atoms with Gasteiger partial charge in [0.15, 0.2) is 4.77 Å². The molecule has 0 saturated carbocycles. The average Bonchev–Trinajstić information content (AvgIpc) is 2.73. The van der Waals surface area contributed by atoms with Crippen molar-refractivity contribution in [3.63, 3.8) is 0 Å². The minimum absolute atomic E-state index is 0.318. The molecule has 0 amide bonds. The lowest BCUT2D eigenvalue weighted by Gasteiger charge is -2.10. The topological polar surface area (TPSA) is 20.7 Å². The Morgan fingerprint density at radius 3 is 2.86 bits per heavy atom. The maximum atomic E-state index is 5.23. The van der Waals surface area contributed by atoms with E-state index in [0.717, 1.165) is 10.5 Å². The molecule has 1 unspecified atom stereocenters. The van der Waals surface area contributed by atoms with Gasteiger partial charge in [0.05, 0.1) is 6.04 Å². The highest BCUT2D eigenvalue weighted by Gasteiger charge is 2.08. The number of aromatic amines is 1. The van der Waals surface area contributed by atoms with Gasteiger partial charge < -0.3 is 9.55 Å². The van der Waals surface area contributed by atoms with Gasteiger partial charge in [0, 0.05) is 11.9 Å². The zero-order valence-electron chi connectivity index (χ0n) is 8.15. The van der Waals surface area contributed by atoms with Crippen molar-refractivity contribution in [2.24, 2.45) is 0 Å². The molecule has 0 aliphatic carbocycles. The molecule has 2 aromatic rings. The quantitative estimate of drug-likeness (QED) is 0.774. The molecule has 0 aromatic carbocycles. The predicted octanol–water partition coefficient (Wildman–Crippen LogP) is 3.52. The van der Waals surface area contributed by atoms with E-state index in [1.807, 2.05) is 6.92 Å². The molecule has 1 atom stereocenters. The third-order valence-corrected chi connectivity index (χ3v) is 3.33. The largest absolute Gasteiger partial charge is 0.335 e. The molecule has 2 aromatic heterocycles. The van der Waals surface area contributed by atoms with E-state index >= 15 is 0 Å². The Kier molecular flexibility index (Phi) is 2.56. The molecule has 14 heavy (non-hydrogen) atoms. The van der Waals surface area contributed by atoms with Crippen LogP contribution >= 0.6 is 23.6 Å². The second-order valence-corrected chi connectivity index (χ2v) is 4.55. The van der Waals surface area contributed by atoms with Gasteiger partial charge in [-0.2, -0.15) is 11.3 Å². The monoisotopic (exact) mass is 224 g/mol. The summed E-state index contributed by atoms with van der Waals surface area (Å²) in [7, 11) is 0. The second kappa shape index (κ2) is 3.71. The van der Waals surface area contributed by atoms with Crippen LogP contribution in [0.25, 0.3) is 0 Å². The lowest BCUT2D eigenvalue weighted by atomic mass is 10.2. The average molecular weight is 224 g/mol. The van der Waals surface area contributed by atoms with E-state index in [-0.39, 0.29) is 0 Å². The number of nitrogens with zero attached hydrogens (tertiary/aromatic N) is 1. The van der Waals surface area contributed by atoms with Gasteiger partial charge >= 0.3 is 0 Å². The number of aromatic nitrogens is 2. The van der Waals surface area contributed by atoms with Gasteiger partial charge in [-0.1, -0.05) is 0 Å². The molecule has 4 heteroatoms. The molecule has 0 aliphatic heterocycles. The molecular formula is C10H12N2S2. The summed E-state index contributed by atoms with van der Waals surface area (Å²) < 4.78 is 2.88. The molecule has 0 aliphatic rings. The van der Waals surface area contributed by atoms with Crippen molar-refractivity contribution in [1.82, 2.24) is 9.55 Å². The summed E-state index contributed by atoms with van der Waals surface area (Å²) in [6.45, 7) is 4.18. The summed E-state index contributed by atoms with van der Waals surface area (Å²) in [4.78, 5) is 3.13. The SMILES string of the molecule is Cc1cn(C(C)c2ccsc2)c(=S)[nH]1. The van der Waals surface area contributed by atoms with E-state index < -0.39 is 0 Å². The highest BCUT2D eigenvalue weighted by Crippen LogP contribution is 2.20. The van der Waals surface area contributed by atoms with Crippen molar-refractivity contribution >= 4 is 23.6 Å². The first-order chi connectivity index (χ1) is 6.68. The fourth-order valence-corrected chi connectivity index (χ4v) is 2.61. The minimum Gasteiger partial charge on any atom is -0.335 e. The minimum atomic E-state index is 0.318. The first-order valence-electron chi connectivity index (χ1n) is 4.48. The molecule has 0 spiro atoms. The van der Waals surface area contributed by atoms with E-state index in [2.05, 4.69) is 39.5 Å². The number of hydrogen-bond acceptors (Lipinski definition) is 2. The van der Waals surface area contributed by atoms with Crippen LogP contribution < -0.4 is 0 Å². The summed E-state index contributed by atoms with van der Waals surface area (Å²) in [5.41, 5.74) is 2.42. The Morgan fingerprint density at radius 1 is 1.57 bits per heavy atom. The van der Waals surface area contributed by atoms with Crippen LogP contribution in [0.3, 0.4) is 0 Å². The third kappa shape index (κ3) is 1.67. The number of aryl methyl sites for hydroxylation is 1. The number of imidazole rings is 1. The first-order valence-corrected chi connectivity index (χ1v) is 5.83. The zero-order chi connectivity index (χ0) is 10.1. The second-order valence-electron chi connectivity index (χ2n) is 3.38. The molecule has 2 rings (SSSR count). The number of thiophene rings is 1. The normalized spacial score (nSPS) is 13.0. The van der Waals surface area contributed by atoms with Crippen molar-refractivity contribution in [2.45, 2.75) is 19.9 Å². The van der Waals surface area contributed by atoms with E-state index in [0.29, 0.717) is 6.04 Å². The van der Waals surface area contributed by atoms with Crippen LogP contribution in [0.5, 0.6) is 0 Å². The van der Waals surface area contributed by atoms with Crippen LogP contribution in [0.2, 0.25) is 0 Å². The van der Waals surface area contributed by atoms with Crippen LogP contribution in [-0.2, 0) is 0 Å². The van der Waals surface area contributed by atoms with Crippen LogP contribution in [0.15, 0.2) is 23.0 Å². The Balaban J connectivity index is 2.41. The molecule has 2 nitrogen and oxygen atoms in total. The fraction of sp³-hybridized carbons (Fsp3) is 0.300. The Hall–Kier alpha value is -0.870. The number of H-pyrrole nitrogens is 1. The summed E-state index contributed by atoms with van der Waals surface area (Å²) >= 11 is 6.95. The molecule has 1 N–H and O–H groups in total. The van der Waals surface area contributed by atoms with E-state index in [4.69, 9.17) is 12.2 Å². The number of nitrogens with one attached hydrogen (secondary N) is 1. The lowest BCUT2D eigenvalue weighted by molar-refractivity contribution is 0.632. The summed E-state index contributed by atoms with van der Waals surface area (Å²) in [6, 6.07) is 2.46. The standard InChI is InChI=1S/C10H12N2S2/c1-7-5-12(10(13)11-7)8(2)9-3-4-14-6-9/h3-6,8H,1-2H3,(H,11,13). The van der Waals surface area contributed by atoms with Crippen LogP contribution in [0.4, 0.5) is 0 Å². The Morgan fingerprint density at radius 2 is 2.36 bits per heavy atom. The molecule has 0 fully saturated rings. The highest BCUT2D eigenvalue weighted by atomic mass is 32.1. The van der Waals surface area contributed by atoms with Crippen LogP contribution in [0, 0.1) is 11.7 Å². The smallest absolute Gasteiger partial charge is 0.177 e. The first kappa shape index (κ1) is 9.68. The zero-order valence-corrected chi connectivity index (χ0v) is 9.78. The maximum Gasteiger partial charge on any atom is 0.177 e. The van der Waals surface area contributed by atoms with Gasteiger partial charge in [0.25, 0.3) is 0 Å². The van der Waals surface area contributed by atoms with Gasteiger partial charge in [0.2, 0.25) is 0 Å². The molecule has 0 saturated heterocycles. The lowest BCUT2D eigenvalue weighted by Crippen LogP contribution is -2.04. The molecule has 74 valence electrons. The van der Waals surface area contributed by atoms with Gasteiger partial charge in [-0.15, -0.1) is 0 Å². The van der Waals surface area contributed by atoms with E-state index in [9.17, 15) is 0 Å². The van der Waals surface area contributed by atoms with Gasteiger partial charge in [-0.3, -0.25) is 0 Å². The summed E-state index contributed by atoms with van der Waals surface area (Å²) in [5.74, 6) is 0. The van der Waals surface area contributed by atoms with Crippen molar-refractivity contribution < 1.29 is 0 Å². The van der Waals surface area contributed by atoms with E-state index in [1.54, 1.807) is 11.3 Å². The molecule has 0 radical (unpaired) electrons. The van der Waals surface area contributed by atoms with Crippen molar-refractivity contribution in [3.05, 3.63) is 39.1 Å². The Labute approximate surface area is 92.2 Å². The summed E-state index contributed by atoms with van der Waals surface area (Å²) in [5, 5.41) is 4.25. The van der Waals surface area contributed by atoms with Crippen molar-refractivity contribution in [2.75, 3.05) is 0 Å². The predicted molar refractivity (Wildman–Crippen MR) is 62.5 cm³/mol.